The molecule has 0 fully saturated rings. The lowest BCUT2D eigenvalue weighted by molar-refractivity contribution is 0.0696. The fourth-order valence-electron chi connectivity index (χ4n) is 1.38. The Morgan fingerprint density at radius 3 is 2.76 bits per heavy atom. The second kappa shape index (κ2) is 4.02. The normalized spacial score (nSPS) is 10.5. The van der Waals surface area contributed by atoms with E-state index in [0.29, 0.717) is 11.5 Å². The van der Waals surface area contributed by atoms with Gasteiger partial charge in [-0.25, -0.2) is 14.5 Å². The summed E-state index contributed by atoms with van der Waals surface area (Å²) >= 11 is 5.73. The predicted octanol–water partition coefficient (Wildman–Crippen LogP) is 0.905. The molecule has 0 unspecified atom stereocenters. The average molecular weight is 254 g/mol. The van der Waals surface area contributed by atoms with Crippen molar-refractivity contribution in [1.82, 2.24) is 19.7 Å². The third-order valence-electron chi connectivity index (χ3n) is 2.16. The molecule has 3 N–H and O–H groups in total. The van der Waals surface area contributed by atoms with Gasteiger partial charge in [-0.1, -0.05) is 11.6 Å². The van der Waals surface area contributed by atoms with E-state index in [1.807, 2.05) is 0 Å². The Morgan fingerprint density at radius 2 is 2.24 bits per heavy atom. The van der Waals surface area contributed by atoms with Gasteiger partial charge < -0.3 is 10.8 Å². The second-order valence-electron chi connectivity index (χ2n) is 3.27. The van der Waals surface area contributed by atoms with Crippen molar-refractivity contribution in [2.24, 2.45) is 0 Å². The lowest BCUT2D eigenvalue weighted by atomic mass is 10.3. The predicted molar refractivity (Wildman–Crippen MR) is 60.3 cm³/mol. The first-order valence-electron chi connectivity index (χ1n) is 4.57. The van der Waals surface area contributed by atoms with Gasteiger partial charge in [-0.3, -0.25) is 0 Å². The van der Waals surface area contributed by atoms with E-state index >= 15 is 0 Å². The van der Waals surface area contributed by atoms with Crippen LogP contribution in [-0.4, -0.2) is 30.8 Å². The van der Waals surface area contributed by atoms with Gasteiger partial charge in [0.2, 0.25) is 5.95 Å². The molecule has 0 aromatic carbocycles. The summed E-state index contributed by atoms with van der Waals surface area (Å²) < 4.78 is 1.34. The largest absolute Gasteiger partial charge is 0.478 e. The molecule has 2 rings (SSSR count). The van der Waals surface area contributed by atoms with Crippen LogP contribution in [0.5, 0.6) is 0 Å². The minimum absolute atomic E-state index is 0.000671. The van der Waals surface area contributed by atoms with E-state index in [4.69, 9.17) is 22.4 Å². The van der Waals surface area contributed by atoms with E-state index in [2.05, 4.69) is 15.1 Å². The minimum atomic E-state index is -1.05. The molecule has 0 bridgehead atoms. The summed E-state index contributed by atoms with van der Waals surface area (Å²) in [5.41, 5.74) is 5.98. The second-order valence-corrected chi connectivity index (χ2v) is 3.65. The molecule has 88 valence electrons. The van der Waals surface area contributed by atoms with E-state index in [9.17, 15) is 4.79 Å². The monoisotopic (exact) mass is 253 g/mol. The number of anilines is 1. The molecule has 2 heterocycles. The molecule has 17 heavy (non-hydrogen) atoms. The van der Waals surface area contributed by atoms with Crippen LogP contribution in [0.25, 0.3) is 5.82 Å². The molecule has 0 radical (unpaired) electrons. The van der Waals surface area contributed by atoms with Crippen LogP contribution in [0.15, 0.2) is 12.3 Å². The van der Waals surface area contributed by atoms with Gasteiger partial charge in [-0.2, -0.15) is 10.1 Å². The van der Waals surface area contributed by atoms with E-state index in [0.717, 1.165) is 0 Å². The number of rotatable bonds is 2. The maximum Gasteiger partial charge on any atom is 0.339 e. The Kier molecular flexibility index (Phi) is 2.68. The number of nitrogens with zero attached hydrogens (tertiary/aromatic N) is 4. The summed E-state index contributed by atoms with van der Waals surface area (Å²) in [4.78, 5) is 18.5. The van der Waals surface area contributed by atoms with Crippen LogP contribution in [0.4, 0.5) is 5.95 Å². The molecule has 0 aliphatic rings. The van der Waals surface area contributed by atoms with Gasteiger partial charge in [-0.15, -0.1) is 0 Å². The van der Waals surface area contributed by atoms with E-state index in [1.54, 1.807) is 6.92 Å². The van der Waals surface area contributed by atoms with E-state index < -0.39 is 5.97 Å². The van der Waals surface area contributed by atoms with Crippen molar-refractivity contribution in [2.75, 3.05) is 5.73 Å². The maximum absolute atomic E-state index is 10.9. The highest BCUT2D eigenvalue weighted by Gasteiger charge is 2.15. The van der Waals surface area contributed by atoms with Crippen LogP contribution in [0.1, 0.15) is 16.1 Å². The summed E-state index contributed by atoms with van der Waals surface area (Å²) in [7, 11) is 0. The number of carboxylic acid groups (broad SMARTS) is 1. The summed E-state index contributed by atoms with van der Waals surface area (Å²) in [5, 5.41) is 13.0. The molecule has 0 amide bonds. The van der Waals surface area contributed by atoms with Gasteiger partial charge in [0.05, 0.1) is 11.9 Å². The highest BCUT2D eigenvalue weighted by molar-refractivity contribution is 6.29. The molecule has 0 saturated heterocycles. The molecule has 2 aromatic rings. The smallest absolute Gasteiger partial charge is 0.339 e. The number of aromatic nitrogens is 4. The highest BCUT2D eigenvalue weighted by Crippen LogP contribution is 2.16. The van der Waals surface area contributed by atoms with Crippen molar-refractivity contribution in [3.05, 3.63) is 28.7 Å². The molecular weight excluding hydrogens is 246 g/mol. The van der Waals surface area contributed by atoms with Crippen molar-refractivity contribution in [2.45, 2.75) is 6.92 Å². The van der Waals surface area contributed by atoms with Crippen LogP contribution in [0, 0.1) is 6.92 Å². The Balaban J connectivity index is 2.57. The van der Waals surface area contributed by atoms with Crippen LogP contribution < -0.4 is 5.73 Å². The average Bonchev–Trinajstić information content (AvgIpc) is 2.58. The first-order valence-corrected chi connectivity index (χ1v) is 4.95. The van der Waals surface area contributed by atoms with Crippen LogP contribution in [0.3, 0.4) is 0 Å². The number of nitrogens with two attached hydrogens (primary N) is 1. The Labute approximate surface area is 101 Å². The first kappa shape index (κ1) is 11.3. The molecule has 2 aromatic heterocycles. The lowest BCUT2D eigenvalue weighted by Gasteiger charge is -2.04. The van der Waals surface area contributed by atoms with Crippen molar-refractivity contribution < 1.29 is 9.90 Å². The molecule has 8 heteroatoms. The van der Waals surface area contributed by atoms with Gasteiger partial charge in [0.1, 0.15) is 10.7 Å². The van der Waals surface area contributed by atoms with Gasteiger partial charge in [0.25, 0.3) is 0 Å². The fraction of sp³-hybridized carbons (Fsp3) is 0.111. The SMILES string of the molecule is Cc1c(C(=O)O)cnn1-c1cc(Cl)nc(N)n1. The summed E-state index contributed by atoms with van der Waals surface area (Å²) in [6, 6.07) is 1.45. The van der Waals surface area contributed by atoms with E-state index in [-0.39, 0.29) is 16.7 Å². The zero-order valence-corrected chi connectivity index (χ0v) is 9.51. The fourth-order valence-corrected chi connectivity index (χ4v) is 1.57. The number of aromatic carboxylic acids is 1. The van der Waals surface area contributed by atoms with Crippen molar-refractivity contribution in [1.29, 1.82) is 0 Å². The minimum Gasteiger partial charge on any atom is -0.478 e. The van der Waals surface area contributed by atoms with Crippen LogP contribution >= 0.6 is 11.6 Å². The number of carboxylic acids is 1. The first-order chi connectivity index (χ1) is 7.99. The molecule has 0 aliphatic carbocycles. The Bertz CT molecular complexity index is 575. The van der Waals surface area contributed by atoms with Crippen LogP contribution in [-0.2, 0) is 0 Å². The Hall–Kier alpha value is -2.15. The molecule has 0 spiro atoms. The van der Waals surface area contributed by atoms with Crippen molar-refractivity contribution >= 4 is 23.5 Å². The lowest BCUT2D eigenvalue weighted by Crippen LogP contribution is -2.06. The van der Waals surface area contributed by atoms with Gasteiger partial charge in [0, 0.05) is 6.07 Å². The number of nitrogen functional groups attached to an aromatic ring is 1. The number of hydrogen-bond acceptors (Lipinski definition) is 5. The van der Waals surface area contributed by atoms with Gasteiger partial charge >= 0.3 is 5.97 Å². The summed E-state index contributed by atoms with van der Waals surface area (Å²) in [6.45, 7) is 1.61. The number of hydrogen-bond donors (Lipinski definition) is 2. The third kappa shape index (κ3) is 2.04. The Morgan fingerprint density at radius 1 is 1.53 bits per heavy atom. The molecule has 7 nitrogen and oxygen atoms in total. The zero-order valence-electron chi connectivity index (χ0n) is 8.75. The number of carbonyl (C=O) groups is 1. The summed E-state index contributed by atoms with van der Waals surface area (Å²) in [5.74, 6) is -0.728. The molecular formula is C9H8ClN5O2. The van der Waals surface area contributed by atoms with Crippen LogP contribution in [0.2, 0.25) is 5.15 Å². The zero-order chi connectivity index (χ0) is 12.6. The maximum atomic E-state index is 10.9. The van der Waals surface area contributed by atoms with E-state index in [1.165, 1.54) is 16.9 Å². The van der Waals surface area contributed by atoms with Gasteiger partial charge in [0.15, 0.2) is 5.82 Å². The topological polar surface area (TPSA) is 107 Å². The number of halogens is 1. The molecule has 0 aliphatic heterocycles. The quantitative estimate of drug-likeness (QED) is 0.770. The summed E-state index contributed by atoms with van der Waals surface area (Å²) in [6.07, 6.45) is 1.24. The molecule has 0 atom stereocenters. The third-order valence-corrected chi connectivity index (χ3v) is 2.35. The molecule has 0 saturated carbocycles. The van der Waals surface area contributed by atoms with Crippen molar-refractivity contribution in [3.8, 4) is 5.82 Å². The standard InChI is InChI=1S/C9H8ClN5O2/c1-4-5(8(16)17)3-12-15(4)7-2-6(10)13-9(11)14-7/h2-3H,1H3,(H,16,17)(H2,11,13,14). The van der Waals surface area contributed by atoms with Gasteiger partial charge in [-0.05, 0) is 6.92 Å². The van der Waals surface area contributed by atoms with Crippen molar-refractivity contribution in [3.63, 3.8) is 0 Å². The highest BCUT2D eigenvalue weighted by atomic mass is 35.5.